The van der Waals surface area contributed by atoms with Gasteiger partial charge in [0.25, 0.3) is 0 Å². The molecule has 1 aromatic rings. The minimum atomic E-state index is -3.37. The number of hydrogen-bond donors (Lipinski definition) is 3. The number of hydrogen-bond acceptors (Lipinski definition) is 3. The molecule has 0 amide bonds. The van der Waals surface area contributed by atoms with Crippen LogP contribution in [-0.2, 0) is 16.6 Å². The highest BCUT2D eigenvalue weighted by molar-refractivity contribution is 7.89. The number of sulfonamides is 1. The first-order valence-electron chi connectivity index (χ1n) is 7.38. The Labute approximate surface area is 121 Å². The number of H-pyrrole nitrogens is 1. The summed E-state index contributed by atoms with van der Waals surface area (Å²) in [6.07, 6.45) is 6.30. The molecule has 0 radical (unpaired) electrons. The van der Waals surface area contributed by atoms with E-state index in [0.717, 1.165) is 18.0 Å². The van der Waals surface area contributed by atoms with Crippen LogP contribution in [0.25, 0.3) is 0 Å². The largest absolute Gasteiger partial charge is 0.363 e. The normalized spacial score (nSPS) is 16.6. The fraction of sp³-hybridized carbons (Fsp3) is 0.714. The molecule has 114 valence electrons. The van der Waals surface area contributed by atoms with Gasteiger partial charge in [-0.2, -0.15) is 0 Å². The summed E-state index contributed by atoms with van der Waals surface area (Å²) in [5.41, 5.74) is 0.887. The smallest absolute Gasteiger partial charge is 0.242 e. The Morgan fingerprint density at radius 2 is 2.15 bits per heavy atom. The fourth-order valence-corrected chi connectivity index (χ4v) is 3.32. The zero-order valence-corrected chi connectivity index (χ0v) is 13.1. The summed E-state index contributed by atoms with van der Waals surface area (Å²) in [5, 5.41) is 3.25. The van der Waals surface area contributed by atoms with Gasteiger partial charge in [-0.25, -0.2) is 13.1 Å². The highest BCUT2D eigenvalue weighted by Gasteiger charge is 2.19. The van der Waals surface area contributed by atoms with Gasteiger partial charge in [0, 0.05) is 31.0 Å². The van der Waals surface area contributed by atoms with Crippen molar-refractivity contribution < 1.29 is 8.42 Å². The third-order valence-corrected chi connectivity index (χ3v) is 5.24. The number of nitrogens with one attached hydrogen (secondary N) is 3. The van der Waals surface area contributed by atoms with Crippen molar-refractivity contribution in [2.24, 2.45) is 5.92 Å². The van der Waals surface area contributed by atoms with E-state index in [1.807, 2.05) is 0 Å². The molecule has 1 aliphatic rings. The molecule has 1 saturated carbocycles. The summed E-state index contributed by atoms with van der Waals surface area (Å²) in [5.74, 6) is 0.717. The van der Waals surface area contributed by atoms with Crippen molar-refractivity contribution in [3.63, 3.8) is 0 Å². The van der Waals surface area contributed by atoms with Crippen LogP contribution in [0.2, 0.25) is 0 Å². The lowest BCUT2D eigenvalue weighted by molar-refractivity contribution is 0.297. The molecule has 1 aliphatic carbocycles. The third kappa shape index (κ3) is 4.33. The lowest BCUT2D eigenvalue weighted by atomic mass is 9.83. The van der Waals surface area contributed by atoms with E-state index in [1.54, 1.807) is 12.3 Å². The molecular formula is C14H25N3O2S. The third-order valence-electron chi connectivity index (χ3n) is 3.80. The van der Waals surface area contributed by atoms with E-state index < -0.39 is 10.0 Å². The first-order chi connectivity index (χ1) is 9.47. The maximum absolute atomic E-state index is 12.1. The number of rotatable bonds is 8. The summed E-state index contributed by atoms with van der Waals surface area (Å²) in [6, 6.07) is 2.07. The van der Waals surface area contributed by atoms with Crippen molar-refractivity contribution in [2.45, 2.75) is 57.0 Å². The van der Waals surface area contributed by atoms with Crippen LogP contribution in [0, 0.1) is 5.92 Å². The van der Waals surface area contributed by atoms with E-state index in [0.29, 0.717) is 24.0 Å². The number of aromatic amines is 1. The predicted octanol–water partition coefficient (Wildman–Crippen LogP) is 1.98. The second-order valence-corrected chi connectivity index (χ2v) is 7.65. The van der Waals surface area contributed by atoms with Crippen LogP contribution in [0.4, 0.5) is 0 Å². The first-order valence-corrected chi connectivity index (χ1v) is 8.86. The zero-order valence-electron chi connectivity index (χ0n) is 12.3. The minimum Gasteiger partial charge on any atom is -0.363 e. The van der Waals surface area contributed by atoms with Crippen LogP contribution in [0.3, 0.4) is 0 Å². The van der Waals surface area contributed by atoms with Gasteiger partial charge in [0.1, 0.15) is 0 Å². The Kier molecular flexibility index (Phi) is 5.23. The quantitative estimate of drug-likeness (QED) is 0.687. The maximum atomic E-state index is 12.1. The summed E-state index contributed by atoms with van der Waals surface area (Å²) in [6.45, 7) is 5.30. The zero-order chi connectivity index (χ0) is 14.6. The monoisotopic (exact) mass is 299 g/mol. The topological polar surface area (TPSA) is 74.0 Å². The molecule has 1 aromatic heterocycles. The molecule has 0 aromatic carbocycles. The van der Waals surface area contributed by atoms with Crippen molar-refractivity contribution in [3.8, 4) is 0 Å². The van der Waals surface area contributed by atoms with Gasteiger partial charge in [-0.15, -0.1) is 0 Å². The van der Waals surface area contributed by atoms with Crippen molar-refractivity contribution >= 4 is 10.0 Å². The first kappa shape index (κ1) is 15.5. The standard InChI is InChI=1S/C14H25N3O2S/c1-11(2)15-9-13-8-14(10-16-13)20(18,19)17-7-6-12-4-3-5-12/h8,10-12,15-17H,3-7,9H2,1-2H3. The SMILES string of the molecule is CC(C)NCc1cc(S(=O)(=O)NCCC2CCC2)c[nH]1. The van der Waals surface area contributed by atoms with Gasteiger partial charge in [0.15, 0.2) is 0 Å². The van der Waals surface area contributed by atoms with Crippen LogP contribution in [0.15, 0.2) is 17.2 Å². The van der Waals surface area contributed by atoms with Crippen LogP contribution in [-0.4, -0.2) is 26.0 Å². The summed E-state index contributed by atoms with van der Waals surface area (Å²) < 4.78 is 26.9. The predicted molar refractivity (Wildman–Crippen MR) is 79.9 cm³/mol. The molecule has 2 rings (SSSR count). The van der Waals surface area contributed by atoms with Gasteiger partial charge in [0.2, 0.25) is 10.0 Å². The van der Waals surface area contributed by atoms with E-state index in [2.05, 4.69) is 28.9 Å². The molecule has 0 unspecified atom stereocenters. The molecule has 5 nitrogen and oxygen atoms in total. The Balaban J connectivity index is 1.84. The van der Waals surface area contributed by atoms with Crippen LogP contribution < -0.4 is 10.0 Å². The van der Waals surface area contributed by atoms with Gasteiger partial charge in [-0.1, -0.05) is 33.1 Å². The summed E-state index contributed by atoms with van der Waals surface area (Å²) in [7, 11) is -3.37. The van der Waals surface area contributed by atoms with Crippen LogP contribution >= 0.6 is 0 Å². The lowest BCUT2D eigenvalue weighted by Gasteiger charge is -2.24. The highest BCUT2D eigenvalue weighted by Crippen LogP contribution is 2.28. The molecule has 0 bridgehead atoms. The van der Waals surface area contributed by atoms with Crippen molar-refractivity contribution in [2.75, 3.05) is 6.54 Å². The summed E-state index contributed by atoms with van der Waals surface area (Å²) in [4.78, 5) is 3.33. The molecule has 3 N–H and O–H groups in total. The molecule has 0 atom stereocenters. The number of aromatic nitrogens is 1. The molecule has 6 heteroatoms. The Morgan fingerprint density at radius 1 is 1.40 bits per heavy atom. The molecule has 1 heterocycles. The van der Waals surface area contributed by atoms with Crippen LogP contribution in [0.1, 0.15) is 45.2 Å². The van der Waals surface area contributed by atoms with Crippen molar-refractivity contribution in [3.05, 3.63) is 18.0 Å². The van der Waals surface area contributed by atoms with Gasteiger partial charge in [-0.05, 0) is 18.4 Å². The Hall–Kier alpha value is -0.850. The van der Waals surface area contributed by atoms with Gasteiger partial charge in [0.05, 0.1) is 4.90 Å². The van der Waals surface area contributed by atoms with E-state index in [1.165, 1.54) is 19.3 Å². The maximum Gasteiger partial charge on any atom is 0.242 e. The molecule has 20 heavy (non-hydrogen) atoms. The molecule has 1 fully saturated rings. The van der Waals surface area contributed by atoms with E-state index in [-0.39, 0.29) is 0 Å². The molecule has 0 spiro atoms. The average molecular weight is 299 g/mol. The van der Waals surface area contributed by atoms with Gasteiger partial charge < -0.3 is 10.3 Å². The minimum absolute atomic E-state index is 0.326. The Bertz CT molecular complexity index is 518. The van der Waals surface area contributed by atoms with Gasteiger partial charge >= 0.3 is 0 Å². The fourth-order valence-electron chi connectivity index (χ4n) is 2.25. The second kappa shape index (κ2) is 6.74. The summed E-state index contributed by atoms with van der Waals surface area (Å²) >= 11 is 0. The van der Waals surface area contributed by atoms with E-state index in [9.17, 15) is 8.42 Å². The van der Waals surface area contributed by atoms with E-state index in [4.69, 9.17) is 0 Å². The lowest BCUT2D eigenvalue weighted by Crippen LogP contribution is -2.27. The van der Waals surface area contributed by atoms with E-state index >= 15 is 0 Å². The molecular weight excluding hydrogens is 274 g/mol. The average Bonchev–Trinajstić information content (AvgIpc) is 2.79. The van der Waals surface area contributed by atoms with Gasteiger partial charge in [-0.3, -0.25) is 0 Å². The molecule has 0 saturated heterocycles. The van der Waals surface area contributed by atoms with Crippen molar-refractivity contribution in [1.82, 2.24) is 15.0 Å². The van der Waals surface area contributed by atoms with Crippen LogP contribution in [0.5, 0.6) is 0 Å². The highest BCUT2D eigenvalue weighted by atomic mass is 32.2. The molecule has 0 aliphatic heterocycles. The second-order valence-electron chi connectivity index (χ2n) is 5.88. The Morgan fingerprint density at radius 3 is 2.75 bits per heavy atom. The van der Waals surface area contributed by atoms with Crippen molar-refractivity contribution in [1.29, 1.82) is 0 Å².